The highest BCUT2D eigenvalue weighted by Gasteiger charge is 2.35. The topological polar surface area (TPSA) is 0 Å². The van der Waals surface area contributed by atoms with Crippen LogP contribution in [0.2, 0.25) is 0 Å². The second-order valence-corrected chi connectivity index (χ2v) is 12.0. The summed E-state index contributed by atoms with van der Waals surface area (Å²) in [6.07, 6.45) is 27.0. The standard InChI is InChI=1S/C30H54/c1-25-20-21-29-19-17-15-13-11-9-7-6-8-10-12-14-16-18-26(2)27(3)23-30(5,22-25)24-28(29)4/h9,13,25-29H,6-8,10,12,14-24H2,1-5H3. The van der Waals surface area contributed by atoms with E-state index in [4.69, 9.17) is 0 Å². The third-order valence-electron chi connectivity index (χ3n) is 8.69. The van der Waals surface area contributed by atoms with Gasteiger partial charge in [0.1, 0.15) is 0 Å². The van der Waals surface area contributed by atoms with Crippen LogP contribution in [0.1, 0.15) is 137 Å². The molecule has 0 radical (unpaired) electrons. The molecule has 0 saturated heterocycles. The Hall–Kier alpha value is -0.480. The molecule has 2 aliphatic rings. The molecule has 0 spiro atoms. The van der Waals surface area contributed by atoms with E-state index >= 15 is 0 Å². The van der Waals surface area contributed by atoms with Crippen LogP contribution in [0, 0.1) is 35.0 Å². The van der Waals surface area contributed by atoms with E-state index in [1.807, 2.05) is 0 Å². The molecule has 6 unspecified atom stereocenters. The Kier molecular flexibility index (Phi) is 11.9. The highest BCUT2D eigenvalue weighted by Crippen LogP contribution is 2.46. The molecule has 0 amide bonds. The lowest BCUT2D eigenvalue weighted by Gasteiger charge is -2.42. The van der Waals surface area contributed by atoms with Gasteiger partial charge < -0.3 is 0 Å². The van der Waals surface area contributed by atoms with Gasteiger partial charge in [-0.3, -0.25) is 0 Å². The molecule has 2 aliphatic carbocycles. The average Bonchev–Trinajstić information content (AvgIpc) is 2.68. The second kappa shape index (κ2) is 13.8. The molecule has 1 fully saturated rings. The molecule has 0 N–H and O–H groups in total. The van der Waals surface area contributed by atoms with Crippen molar-refractivity contribution in [1.29, 1.82) is 0 Å². The van der Waals surface area contributed by atoms with E-state index in [-0.39, 0.29) is 0 Å². The summed E-state index contributed by atoms with van der Waals surface area (Å²) in [6.45, 7) is 12.9. The predicted octanol–water partition coefficient (Wildman–Crippen LogP) is 10.1. The molecular weight excluding hydrogens is 360 g/mol. The van der Waals surface area contributed by atoms with Crippen LogP contribution in [0.3, 0.4) is 0 Å². The Morgan fingerprint density at radius 3 is 2.00 bits per heavy atom. The minimum absolute atomic E-state index is 0.548. The van der Waals surface area contributed by atoms with Gasteiger partial charge in [-0.15, -0.1) is 5.73 Å². The quantitative estimate of drug-likeness (QED) is 0.346. The molecule has 0 aromatic heterocycles. The third-order valence-corrected chi connectivity index (χ3v) is 8.69. The number of rotatable bonds is 0. The van der Waals surface area contributed by atoms with Gasteiger partial charge in [0.15, 0.2) is 0 Å². The largest absolute Gasteiger partial charge is 0.130 e. The van der Waals surface area contributed by atoms with Crippen LogP contribution in [0.4, 0.5) is 0 Å². The summed E-state index contributed by atoms with van der Waals surface area (Å²) >= 11 is 0. The van der Waals surface area contributed by atoms with E-state index in [2.05, 4.69) is 52.5 Å². The van der Waals surface area contributed by atoms with Gasteiger partial charge in [0, 0.05) is 0 Å². The van der Waals surface area contributed by atoms with E-state index in [1.54, 1.807) is 0 Å². The van der Waals surface area contributed by atoms with Gasteiger partial charge in [-0.2, -0.15) is 0 Å². The number of hydrogen-bond donors (Lipinski definition) is 0. The molecule has 0 heterocycles. The van der Waals surface area contributed by atoms with Crippen molar-refractivity contribution in [3.8, 4) is 0 Å². The van der Waals surface area contributed by atoms with Crippen LogP contribution in [-0.4, -0.2) is 0 Å². The lowest BCUT2D eigenvalue weighted by Crippen LogP contribution is -2.31. The van der Waals surface area contributed by atoms with Gasteiger partial charge in [0.25, 0.3) is 0 Å². The molecule has 174 valence electrons. The van der Waals surface area contributed by atoms with Gasteiger partial charge in [-0.25, -0.2) is 0 Å². The Morgan fingerprint density at radius 2 is 1.23 bits per heavy atom. The molecule has 30 heavy (non-hydrogen) atoms. The zero-order valence-electron chi connectivity index (χ0n) is 21.4. The Bertz CT molecular complexity index is 510. The fraction of sp³-hybridized carbons (Fsp3) is 0.900. The van der Waals surface area contributed by atoms with E-state index < -0.39 is 0 Å². The van der Waals surface area contributed by atoms with Gasteiger partial charge in [-0.1, -0.05) is 79.6 Å². The first kappa shape index (κ1) is 25.8. The van der Waals surface area contributed by atoms with Crippen LogP contribution in [0.25, 0.3) is 0 Å². The van der Waals surface area contributed by atoms with Crippen molar-refractivity contribution in [3.05, 3.63) is 17.9 Å². The van der Waals surface area contributed by atoms with Gasteiger partial charge in [-0.05, 0) is 105 Å². The highest BCUT2D eigenvalue weighted by atomic mass is 14.4. The molecule has 0 aromatic carbocycles. The first-order chi connectivity index (χ1) is 14.4. The highest BCUT2D eigenvalue weighted by molar-refractivity contribution is 4.88. The van der Waals surface area contributed by atoms with Gasteiger partial charge in [0.2, 0.25) is 0 Å². The summed E-state index contributed by atoms with van der Waals surface area (Å²) in [6, 6.07) is 0. The van der Waals surface area contributed by atoms with Gasteiger partial charge >= 0.3 is 0 Å². The molecule has 2 bridgehead atoms. The Labute approximate surface area is 190 Å². The van der Waals surface area contributed by atoms with E-state index in [1.165, 1.54) is 103 Å². The fourth-order valence-electron chi connectivity index (χ4n) is 6.76. The summed E-state index contributed by atoms with van der Waals surface area (Å²) in [4.78, 5) is 0. The van der Waals surface area contributed by atoms with Crippen LogP contribution in [0.15, 0.2) is 17.9 Å². The van der Waals surface area contributed by atoms with Crippen molar-refractivity contribution in [1.82, 2.24) is 0 Å². The molecule has 0 nitrogen and oxygen atoms in total. The molecular formula is C30H54. The molecule has 6 atom stereocenters. The molecule has 2 rings (SSSR count). The summed E-state index contributed by atoms with van der Waals surface area (Å²) in [5, 5.41) is 0. The molecule has 0 heteroatoms. The van der Waals surface area contributed by atoms with Crippen LogP contribution < -0.4 is 0 Å². The Balaban J connectivity index is 2.04. The van der Waals surface area contributed by atoms with Crippen molar-refractivity contribution in [2.75, 3.05) is 0 Å². The van der Waals surface area contributed by atoms with Crippen molar-refractivity contribution in [2.45, 2.75) is 137 Å². The predicted molar refractivity (Wildman–Crippen MR) is 135 cm³/mol. The summed E-state index contributed by atoms with van der Waals surface area (Å²) < 4.78 is 0. The monoisotopic (exact) mass is 414 g/mol. The van der Waals surface area contributed by atoms with Crippen molar-refractivity contribution < 1.29 is 0 Å². The minimum atomic E-state index is 0.548. The second-order valence-electron chi connectivity index (χ2n) is 12.0. The summed E-state index contributed by atoms with van der Waals surface area (Å²) in [7, 11) is 0. The number of allylic oxidation sites excluding steroid dienone is 1. The summed E-state index contributed by atoms with van der Waals surface area (Å²) in [5.41, 5.74) is 4.01. The van der Waals surface area contributed by atoms with Crippen LogP contribution in [0.5, 0.6) is 0 Å². The van der Waals surface area contributed by atoms with Crippen LogP contribution >= 0.6 is 0 Å². The van der Waals surface area contributed by atoms with Crippen LogP contribution in [-0.2, 0) is 0 Å². The van der Waals surface area contributed by atoms with Crippen molar-refractivity contribution in [2.24, 2.45) is 35.0 Å². The van der Waals surface area contributed by atoms with Crippen molar-refractivity contribution in [3.63, 3.8) is 0 Å². The lowest BCUT2D eigenvalue weighted by atomic mass is 9.63. The first-order valence-corrected chi connectivity index (χ1v) is 13.8. The molecule has 1 saturated carbocycles. The van der Waals surface area contributed by atoms with Crippen molar-refractivity contribution >= 4 is 0 Å². The maximum atomic E-state index is 3.47. The van der Waals surface area contributed by atoms with Gasteiger partial charge in [0.05, 0.1) is 0 Å². The third kappa shape index (κ3) is 9.77. The maximum Gasteiger partial charge on any atom is -0.0274 e. The zero-order valence-corrected chi connectivity index (χ0v) is 21.4. The van der Waals surface area contributed by atoms with E-state index in [0.29, 0.717) is 5.41 Å². The van der Waals surface area contributed by atoms with E-state index in [0.717, 1.165) is 29.6 Å². The average molecular weight is 415 g/mol. The van der Waals surface area contributed by atoms with E-state index in [9.17, 15) is 0 Å². The molecule has 0 aromatic rings. The normalized spacial score (nSPS) is 39.0. The lowest BCUT2D eigenvalue weighted by molar-refractivity contribution is 0.0866. The number of fused-ring (bicyclic) bond motifs is 3. The maximum absolute atomic E-state index is 3.47. The first-order valence-electron chi connectivity index (χ1n) is 13.8. The molecule has 0 aliphatic heterocycles. The minimum Gasteiger partial charge on any atom is -0.130 e. The smallest absolute Gasteiger partial charge is 0.0274 e. The number of hydrogen-bond acceptors (Lipinski definition) is 0. The Morgan fingerprint density at radius 1 is 0.600 bits per heavy atom. The fourth-order valence-corrected chi connectivity index (χ4v) is 6.76. The zero-order chi connectivity index (χ0) is 21.8. The SMILES string of the molecule is CC1CCC2CCCC=C=CCCCCCCCCC(C)C(C)CC(C)(C1)CC2C. The summed E-state index contributed by atoms with van der Waals surface area (Å²) in [5.74, 6) is 4.48.